The molecule has 15 heavy (non-hydrogen) atoms. The maximum atomic E-state index is 10.8. The first-order valence-electron chi connectivity index (χ1n) is 5.04. The van der Waals surface area contributed by atoms with Crippen LogP contribution in [-0.4, -0.2) is 26.2 Å². The molecule has 0 radical (unpaired) electrons. The molecule has 0 aliphatic carbocycles. The highest BCUT2D eigenvalue weighted by atomic mass is 32.1. The van der Waals surface area contributed by atoms with Crippen LogP contribution in [-0.2, 0) is 16.0 Å². The minimum absolute atomic E-state index is 0.158. The number of carbonyl (C=O) groups is 1. The topological polar surface area (TPSA) is 38.3 Å². The first-order chi connectivity index (χ1) is 7.24. The second-order valence-corrected chi connectivity index (χ2v) is 4.35. The summed E-state index contributed by atoms with van der Waals surface area (Å²) in [6, 6.07) is 2.13. The first kappa shape index (κ1) is 12.2. The summed E-state index contributed by atoms with van der Waals surface area (Å²) in [6.07, 6.45) is 1.48. The molecule has 0 bridgehead atoms. The fourth-order valence-corrected chi connectivity index (χ4v) is 2.19. The van der Waals surface area contributed by atoms with Crippen LogP contribution in [0.2, 0.25) is 0 Å². The van der Waals surface area contributed by atoms with Crippen LogP contribution in [0.4, 0.5) is 0 Å². The van der Waals surface area contributed by atoms with E-state index in [1.807, 2.05) is 0 Å². The van der Waals surface area contributed by atoms with Crippen molar-refractivity contribution in [1.82, 2.24) is 5.32 Å². The predicted octanol–water partition coefficient (Wildman–Crippen LogP) is 1.75. The van der Waals surface area contributed by atoms with Gasteiger partial charge in [0, 0.05) is 11.4 Å². The molecule has 1 aromatic rings. The van der Waals surface area contributed by atoms with E-state index >= 15 is 0 Å². The van der Waals surface area contributed by atoms with Crippen molar-refractivity contribution in [2.75, 3.05) is 20.2 Å². The molecule has 0 saturated carbocycles. The van der Waals surface area contributed by atoms with Crippen molar-refractivity contribution in [3.63, 3.8) is 0 Å². The fraction of sp³-hybridized carbons (Fsp3) is 0.545. The van der Waals surface area contributed by atoms with E-state index in [4.69, 9.17) is 0 Å². The Bertz CT molecular complexity index is 309. The molecule has 0 amide bonds. The van der Waals surface area contributed by atoms with E-state index in [0.29, 0.717) is 13.0 Å². The smallest absolute Gasteiger partial charge is 0.306 e. The maximum Gasteiger partial charge on any atom is 0.306 e. The number of methoxy groups -OCH3 is 1. The summed E-state index contributed by atoms with van der Waals surface area (Å²) in [4.78, 5) is 12.2. The summed E-state index contributed by atoms with van der Waals surface area (Å²) in [5.41, 5.74) is 1.36. The fourth-order valence-electron chi connectivity index (χ4n) is 1.28. The number of thiophene rings is 1. The summed E-state index contributed by atoms with van der Waals surface area (Å²) in [7, 11) is 1.41. The van der Waals surface area contributed by atoms with Crippen LogP contribution in [0, 0.1) is 6.92 Å². The molecule has 1 rings (SSSR count). The number of rotatable bonds is 6. The number of carbonyl (C=O) groups excluding carboxylic acids is 1. The van der Waals surface area contributed by atoms with Crippen LogP contribution in [0.3, 0.4) is 0 Å². The lowest BCUT2D eigenvalue weighted by Gasteiger charge is -2.03. The van der Waals surface area contributed by atoms with Gasteiger partial charge in [-0.1, -0.05) is 0 Å². The van der Waals surface area contributed by atoms with Gasteiger partial charge in [0.1, 0.15) is 0 Å². The first-order valence-corrected chi connectivity index (χ1v) is 5.92. The van der Waals surface area contributed by atoms with Gasteiger partial charge in [-0.05, 0) is 36.9 Å². The largest absolute Gasteiger partial charge is 0.469 e. The van der Waals surface area contributed by atoms with Crippen molar-refractivity contribution in [3.8, 4) is 0 Å². The zero-order chi connectivity index (χ0) is 11.1. The Morgan fingerprint density at radius 1 is 1.53 bits per heavy atom. The molecule has 0 spiro atoms. The summed E-state index contributed by atoms with van der Waals surface area (Å²) < 4.78 is 4.54. The van der Waals surface area contributed by atoms with Crippen LogP contribution in [0.25, 0.3) is 0 Å². The Morgan fingerprint density at radius 2 is 2.33 bits per heavy atom. The van der Waals surface area contributed by atoms with E-state index in [-0.39, 0.29) is 5.97 Å². The number of ether oxygens (including phenoxy) is 1. The predicted molar refractivity (Wildman–Crippen MR) is 62.3 cm³/mol. The second kappa shape index (κ2) is 6.58. The zero-order valence-corrected chi connectivity index (χ0v) is 10.0. The number of hydrogen-bond donors (Lipinski definition) is 1. The monoisotopic (exact) mass is 227 g/mol. The molecule has 0 saturated heterocycles. The van der Waals surface area contributed by atoms with Gasteiger partial charge in [-0.25, -0.2) is 0 Å². The van der Waals surface area contributed by atoms with Crippen molar-refractivity contribution in [2.24, 2.45) is 0 Å². The van der Waals surface area contributed by atoms with Crippen LogP contribution in [0.5, 0.6) is 0 Å². The highest BCUT2D eigenvalue weighted by Gasteiger charge is 2.00. The quantitative estimate of drug-likeness (QED) is 0.594. The molecule has 0 fully saturated rings. The highest BCUT2D eigenvalue weighted by molar-refractivity contribution is 7.10. The van der Waals surface area contributed by atoms with Crippen molar-refractivity contribution in [2.45, 2.75) is 19.8 Å². The van der Waals surface area contributed by atoms with Crippen molar-refractivity contribution in [3.05, 3.63) is 21.9 Å². The minimum atomic E-state index is -0.158. The molecule has 0 aromatic carbocycles. The second-order valence-electron chi connectivity index (χ2n) is 3.35. The molecule has 3 nitrogen and oxygen atoms in total. The van der Waals surface area contributed by atoms with Crippen LogP contribution < -0.4 is 5.32 Å². The average Bonchev–Trinajstić information content (AvgIpc) is 2.63. The molecule has 84 valence electrons. The third-order valence-corrected chi connectivity index (χ3v) is 3.31. The van der Waals surface area contributed by atoms with E-state index in [0.717, 1.165) is 13.0 Å². The van der Waals surface area contributed by atoms with E-state index in [2.05, 4.69) is 28.4 Å². The maximum absolute atomic E-state index is 10.8. The van der Waals surface area contributed by atoms with Gasteiger partial charge in [0.15, 0.2) is 0 Å². The van der Waals surface area contributed by atoms with Crippen LogP contribution >= 0.6 is 11.3 Å². The highest BCUT2D eigenvalue weighted by Crippen LogP contribution is 2.15. The lowest BCUT2D eigenvalue weighted by molar-refractivity contribution is -0.140. The number of nitrogens with one attached hydrogen (secondary N) is 1. The van der Waals surface area contributed by atoms with Gasteiger partial charge in [0.25, 0.3) is 0 Å². The standard InChI is InChI=1S/C11H17NO2S/c1-9-5-8-15-10(9)3-6-12-7-4-11(13)14-2/h5,8,12H,3-4,6-7H2,1-2H3. The Kier molecular flexibility index (Phi) is 5.36. The number of esters is 1. The molecule has 0 atom stereocenters. The van der Waals surface area contributed by atoms with Crippen LogP contribution in [0.15, 0.2) is 11.4 Å². The van der Waals surface area contributed by atoms with Gasteiger partial charge >= 0.3 is 5.97 Å². The third kappa shape index (κ3) is 4.44. The third-order valence-electron chi connectivity index (χ3n) is 2.23. The average molecular weight is 227 g/mol. The normalized spacial score (nSPS) is 10.3. The molecule has 1 heterocycles. The van der Waals surface area contributed by atoms with Gasteiger partial charge in [-0.15, -0.1) is 11.3 Å². The van der Waals surface area contributed by atoms with Crippen molar-refractivity contribution in [1.29, 1.82) is 0 Å². The van der Waals surface area contributed by atoms with Crippen LogP contribution in [0.1, 0.15) is 16.9 Å². The van der Waals surface area contributed by atoms with Gasteiger partial charge in [-0.2, -0.15) is 0 Å². The lowest BCUT2D eigenvalue weighted by atomic mass is 10.2. The zero-order valence-electron chi connectivity index (χ0n) is 9.21. The SMILES string of the molecule is COC(=O)CCNCCc1sccc1C. The number of aryl methyl sites for hydroxylation is 1. The van der Waals surface area contributed by atoms with Gasteiger partial charge in [-0.3, -0.25) is 4.79 Å². The van der Waals surface area contributed by atoms with Gasteiger partial charge in [0.05, 0.1) is 13.5 Å². The van der Waals surface area contributed by atoms with Crippen molar-refractivity contribution < 1.29 is 9.53 Å². The lowest BCUT2D eigenvalue weighted by Crippen LogP contribution is -2.21. The molecule has 1 aromatic heterocycles. The van der Waals surface area contributed by atoms with E-state index in [9.17, 15) is 4.79 Å². The molecular weight excluding hydrogens is 210 g/mol. The summed E-state index contributed by atoms with van der Waals surface area (Å²) in [5, 5.41) is 5.33. The molecule has 1 N–H and O–H groups in total. The van der Waals surface area contributed by atoms with Gasteiger partial charge < -0.3 is 10.1 Å². The molecule has 4 heteroatoms. The Balaban J connectivity index is 2.07. The van der Waals surface area contributed by atoms with E-state index in [1.54, 1.807) is 11.3 Å². The van der Waals surface area contributed by atoms with E-state index < -0.39 is 0 Å². The summed E-state index contributed by atoms with van der Waals surface area (Å²) in [6.45, 7) is 3.73. The minimum Gasteiger partial charge on any atom is -0.469 e. The molecule has 0 aliphatic rings. The van der Waals surface area contributed by atoms with E-state index in [1.165, 1.54) is 17.6 Å². The van der Waals surface area contributed by atoms with Crippen molar-refractivity contribution >= 4 is 17.3 Å². The molecular formula is C11H17NO2S. The summed E-state index contributed by atoms with van der Waals surface area (Å²) >= 11 is 1.79. The number of hydrogen-bond acceptors (Lipinski definition) is 4. The Labute approximate surface area is 94.5 Å². The Hall–Kier alpha value is -0.870. The van der Waals surface area contributed by atoms with Gasteiger partial charge in [0.2, 0.25) is 0 Å². The molecule has 0 aliphatic heterocycles. The molecule has 0 unspecified atom stereocenters. The Morgan fingerprint density at radius 3 is 2.93 bits per heavy atom. The summed E-state index contributed by atoms with van der Waals surface area (Å²) in [5.74, 6) is -0.158.